The van der Waals surface area contributed by atoms with Crippen LogP contribution in [0.15, 0.2) is 22.4 Å². The van der Waals surface area contributed by atoms with Gasteiger partial charge in [0.25, 0.3) is 0 Å². The Kier molecular flexibility index (Phi) is 4.78. The molecule has 0 saturated heterocycles. The summed E-state index contributed by atoms with van der Waals surface area (Å²) in [5.41, 5.74) is -0.760. The van der Waals surface area contributed by atoms with E-state index in [0.29, 0.717) is 13.4 Å². The van der Waals surface area contributed by atoms with Crippen molar-refractivity contribution in [3.05, 3.63) is 27.9 Å². The van der Waals surface area contributed by atoms with Crippen molar-refractivity contribution in [1.82, 2.24) is 0 Å². The first-order chi connectivity index (χ1) is 6.68. The number of hydrogen-bond donors (Lipinski definition) is 0. The van der Waals surface area contributed by atoms with Gasteiger partial charge in [-0.2, -0.15) is 13.2 Å². The maximum absolute atomic E-state index is 12.7. The Balaban J connectivity index is 3.68. The molecular weight excluding hydrogens is 541 g/mol. The van der Waals surface area contributed by atoms with E-state index in [9.17, 15) is 13.2 Å². The van der Waals surface area contributed by atoms with E-state index in [0.717, 1.165) is 0 Å². The molecule has 1 aromatic carbocycles. The quantitative estimate of drug-likeness (QED) is 0.260. The first kappa shape index (κ1) is 14.5. The zero-order valence-electron chi connectivity index (χ0n) is 6.52. The summed E-state index contributed by atoms with van der Waals surface area (Å²) in [5, 5.41) is 0. The normalized spacial score (nSPS) is 12.0. The van der Waals surface area contributed by atoms with Crippen molar-refractivity contribution >= 4 is 79.6 Å². The van der Waals surface area contributed by atoms with Crippen LogP contribution >= 0.6 is 79.6 Å². The molecule has 0 aliphatic rings. The zero-order chi connectivity index (χ0) is 12.0. The SMILES string of the molecule is FC(F)(F)c1c(Br)c(Br)c(Br)c(Br)c1Br. The van der Waals surface area contributed by atoms with E-state index in [4.69, 9.17) is 0 Å². The largest absolute Gasteiger partial charge is 0.418 e. The highest BCUT2D eigenvalue weighted by molar-refractivity contribution is 9.15. The summed E-state index contributed by atoms with van der Waals surface area (Å²) in [6, 6.07) is 0. The van der Waals surface area contributed by atoms with Crippen LogP contribution in [-0.4, -0.2) is 0 Å². The van der Waals surface area contributed by atoms with Crippen LogP contribution in [0, 0.1) is 0 Å². The van der Waals surface area contributed by atoms with Gasteiger partial charge in [0.1, 0.15) is 0 Å². The molecule has 0 saturated carbocycles. The third kappa shape index (κ3) is 2.81. The molecule has 0 unspecified atom stereocenters. The van der Waals surface area contributed by atoms with Crippen molar-refractivity contribution in [2.24, 2.45) is 0 Å². The fraction of sp³-hybridized carbons (Fsp3) is 0.143. The van der Waals surface area contributed by atoms with E-state index in [2.05, 4.69) is 79.6 Å². The highest BCUT2D eigenvalue weighted by Gasteiger charge is 2.38. The van der Waals surface area contributed by atoms with Gasteiger partial charge in [-0.15, -0.1) is 0 Å². The highest BCUT2D eigenvalue weighted by atomic mass is 79.9. The zero-order valence-corrected chi connectivity index (χ0v) is 14.5. The molecule has 0 aliphatic carbocycles. The fourth-order valence-corrected chi connectivity index (χ4v) is 4.35. The lowest BCUT2D eigenvalue weighted by Gasteiger charge is -2.15. The molecule has 0 spiro atoms. The summed E-state index contributed by atoms with van der Waals surface area (Å²) >= 11 is 15.1. The van der Waals surface area contributed by atoms with Crippen molar-refractivity contribution in [1.29, 1.82) is 0 Å². The Morgan fingerprint density at radius 2 is 0.867 bits per heavy atom. The van der Waals surface area contributed by atoms with Crippen molar-refractivity contribution in [3.63, 3.8) is 0 Å². The second-order valence-electron chi connectivity index (χ2n) is 2.44. The first-order valence-electron chi connectivity index (χ1n) is 3.26. The van der Waals surface area contributed by atoms with E-state index in [-0.39, 0.29) is 8.95 Å². The smallest absolute Gasteiger partial charge is 0.166 e. The van der Waals surface area contributed by atoms with Crippen molar-refractivity contribution in [3.8, 4) is 0 Å². The van der Waals surface area contributed by atoms with Crippen molar-refractivity contribution in [2.45, 2.75) is 6.18 Å². The maximum atomic E-state index is 12.7. The highest BCUT2D eigenvalue weighted by Crippen LogP contribution is 2.49. The molecule has 1 aromatic rings. The van der Waals surface area contributed by atoms with Crippen molar-refractivity contribution < 1.29 is 13.2 Å². The van der Waals surface area contributed by atoms with Gasteiger partial charge in [-0.3, -0.25) is 0 Å². The van der Waals surface area contributed by atoms with Gasteiger partial charge < -0.3 is 0 Å². The lowest BCUT2D eigenvalue weighted by atomic mass is 10.2. The molecule has 15 heavy (non-hydrogen) atoms. The molecule has 0 bridgehead atoms. The van der Waals surface area contributed by atoms with Crippen LogP contribution < -0.4 is 0 Å². The summed E-state index contributed by atoms with van der Waals surface area (Å²) < 4.78 is 39.1. The van der Waals surface area contributed by atoms with Gasteiger partial charge in [0.2, 0.25) is 0 Å². The minimum absolute atomic E-state index is 0.0445. The molecule has 0 N–H and O–H groups in total. The summed E-state index contributed by atoms with van der Waals surface area (Å²) in [6.07, 6.45) is -4.43. The average Bonchev–Trinajstić information content (AvgIpc) is 2.09. The third-order valence-electron chi connectivity index (χ3n) is 1.49. The van der Waals surface area contributed by atoms with Crippen LogP contribution in [0.2, 0.25) is 0 Å². The second kappa shape index (κ2) is 4.96. The molecule has 0 heterocycles. The topological polar surface area (TPSA) is 0 Å². The monoisotopic (exact) mass is 536 g/mol. The van der Waals surface area contributed by atoms with Crippen LogP contribution in [0.4, 0.5) is 13.2 Å². The van der Waals surface area contributed by atoms with Gasteiger partial charge >= 0.3 is 6.18 Å². The Labute approximate surface area is 126 Å². The number of rotatable bonds is 0. The summed E-state index contributed by atoms with van der Waals surface area (Å²) in [4.78, 5) is 0. The van der Waals surface area contributed by atoms with E-state index in [1.807, 2.05) is 0 Å². The average molecular weight is 541 g/mol. The molecule has 0 radical (unpaired) electrons. The molecule has 84 valence electrons. The number of hydrogen-bond acceptors (Lipinski definition) is 0. The van der Waals surface area contributed by atoms with Gasteiger partial charge in [-0.05, 0) is 79.6 Å². The molecule has 8 heteroatoms. The predicted molar refractivity (Wildman–Crippen MR) is 69.9 cm³/mol. The molecule has 0 nitrogen and oxygen atoms in total. The fourth-order valence-electron chi connectivity index (χ4n) is 0.854. The summed E-state index contributed by atoms with van der Waals surface area (Å²) in [7, 11) is 0. The minimum Gasteiger partial charge on any atom is -0.166 e. The standard InChI is InChI=1S/C7Br5F3/c8-2-1(7(13,14)15)3(9)5(11)6(12)4(2)10. The second-order valence-corrected chi connectivity index (χ2v) is 6.41. The van der Waals surface area contributed by atoms with Gasteiger partial charge in [0, 0.05) is 22.4 Å². The van der Waals surface area contributed by atoms with Gasteiger partial charge in [0.15, 0.2) is 0 Å². The third-order valence-corrected chi connectivity index (χ3v) is 7.59. The number of alkyl halides is 3. The van der Waals surface area contributed by atoms with Gasteiger partial charge in [-0.25, -0.2) is 0 Å². The van der Waals surface area contributed by atoms with Crippen LogP contribution in [0.25, 0.3) is 0 Å². The van der Waals surface area contributed by atoms with Crippen LogP contribution in [-0.2, 0) is 6.18 Å². The Bertz CT molecular complexity index is 383. The van der Waals surface area contributed by atoms with Crippen molar-refractivity contribution in [2.75, 3.05) is 0 Å². The van der Waals surface area contributed by atoms with E-state index in [1.165, 1.54) is 0 Å². The molecule has 0 aliphatic heterocycles. The summed E-state index contributed by atoms with van der Waals surface area (Å²) in [5.74, 6) is 0. The Morgan fingerprint density at radius 1 is 0.600 bits per heavy atom. The maximum Gasteiger partial charge on any atom is 0.418 e. The molecule has 0 atom stereocenters. The van der Waals surface area contributed by atoms with E-state index >= 15 is 0 Å². The van der Waals surface area contributed by atoms with E-state index < -0.39 is 11.7 Å². The van der Waals surface area contributed by atoms with E-state index in [1.54, 1.807) is 0 Å². The predicted octanol–water partition coefficient (Wildman–Crippen LogP) is 6.52. The minimum atomic E-state index is -4.43. The van der Waals surface area contributed by atoms with Crippen LogP contribution in [0.5, 0.6) is 0 Å². The lowest BCUT2D eigenvalue weighted by Crippen LogP contribution is -2.08. The lowest BCUT2D eigenvalue weighted by molar-refractivity contribution is -0.138. The van der Waals surface area contributed by atoms with Crippen LogP contribution in [0.3, 0.4) is 0 Å². The Morgan fingerprint density at radius 3 is 1.13 bits per heavy atom. The molecular formula is C7Br5F3. The van der Waals surface area contributed by atoms with Gasteiger partial charge in [0.05, 0.1) is 5.56 Å². The molecule has 0 fully saturated rings. The molecule has 0 amide bonds. The number of benzene rings is 1. The number of halogens is 8. The first-order valence-corrected chi connectivity index (χ1v) is 7.23. The Hall–Kier alpha value is 1.41. The van der Waals surface area contributed by atoms with Gasteiger partial charge in [-0.1, -0.05) is 0 Å². The molecule has 0 aromatic heterocycles. The summed E-state index contributed by atoms with van der Waals surface area (Å²) in [6.45, 7) is 0. The van der Waals surface area contributed by atoms with Crippen LogP contribution in [0.1, 0.15) is 5.56 Å². The molecule has 1 rings (SSSR count).